The van der Waals surface area contributed by atoms with Crippen molar-refractivity contribution in [3.8, 4) is 5.75 Å². The molecule has 178 valence electrons. The molecule has 1 fully saturated rings. The maximum atomic E-state index is 12.7. The van der Waals surface area contributed by atoms with Crippen molar-refractivity contribution in [2.75, 3.05) is 47.1 Å². The molecule has 1 aromatic rings. The summed E-state index contributed by atoms with van der Waals surface area (Å²) in [5.41, 5.74) is 2.50. The predicted octanol–water partition coefficient (Wildman–Crippen LogP) is 3.43. The van der Waals surface area contributed by atoms with Crippen LogP contribution in [0.3, 0.4) is 0 Å². The largest absolute Gasteiger partial charge is 0.494 e. The summed E-state index contributed by atoms with van der Waals surface area (Å²) in [6, 6.07) is 8.33. The van der Waals surface area contributed by atoms with E-state index in [4.69, 9.17) is 18.9 Å². The van der Waals surface area contributed by atoms with Crippen LogP contribution in [0.15, 0.2) is 46.9 Å². The molecule has 0 aromatic heterocycles. The van der Waals surface area contributed by atoms with Crippen LogP contribution >= 0.6 is 0 Å². The molecule has 1 heterocycles. The van der Waals surface area contributed by atoms with E-state index in [1.165, 1.54) is 19.8 Å². The van der Waals surface area contributed by atoms with Gasteiger partial charge in [-0.1, -0.05) is 12.1 Å². The average molecular weight is 456 g/mol. The Kier molecular flexibility index (Phi) is 7.83. The van der Waals surface area contributed by atoms with Gasteiger partial charge in [0.05, 0.1) is 34.0 Å². The third kappa shape index (κ3) is 5.47. The zero-order valence-corrected chi connectivity index (χ0v) is 19.6. The summed E-state index contributed by atoms with van der Waals surface area (Å²) in [6.07, 6.45) is 4.15. The lowest BCUT2D eigenvalue weighted by molar-refractivity contribution is -0.121. The molecular weight excluding hydrogens is 422 g/mol. The number of ether oxygens (including phenoxy) is 4. The van der Waals surface area contributed by atoms with E-state index in [9.17, 15) is 9.59 Å². The van der Waals surface area contributed by atoms with Crippen LogP contribution in [-0.4, -0.2) is 63.6 Å². The van der Waals surface area contributed by atoms with Crippen molar-refractivity contribution in [3.63, 3.8) is 0 Å². The minimum atomic E-state index is -0.202. The fourth-order valence-electron chi connectivity index (χ4n) is 4.84. The van der Waals surface area contributed by atoms with Crippen LogP contribution in [0.2, 0.25) is 0 Å². The van der Waals surface area contributed by atoms with Crippen molar-refractivity contribution in [2.24, 2.45) is 5.92 Å². The Morgan fingerprint density at radius 3 is 2.09 bits per heavy atom. The summed E-state index contributed by atoms with van der Waals surface area (Å²) < 4.78 is 21.6. The molecule has 4 rings (SSSR count). The summed E-state index contributed by atoms with van der Waals surface area (Å²) in [5, 5.41) is 0. The number of benzene rings is 1. The first-order valence-corrected chi connectivity index (χ1v) is 11.8. The van der Waals surface area contributed by atoms with Gasteiger partial charge in [-0.15, -0.1) is 0 Å². The van der Waals surface area contributed by atoms with Gasteiger partial charge < -0.3 is 18.9 Å². The topological polar surface area (TPSA) is 74.3 Å². The van der Waals surface area contributed by atoms with Crippen molar-refractivity contribution < 1.29 is 28.5 Å². The Morgan fingerprint density at radius 1 is 0.909 bits per heavy atom. The smallest absolute Gasteiger partial charge is 0.228 e. The number of allylic oxidation sites excluding steroid dienone is 2. The number of unbranched alkanes of at least 4 members (excludes halogenated alkanes) is 1. The second kappa shape index (κ2) is 11.0. The molecule has 0 unspecified atom stereocenters. The summed E-state index contributed by atoms with van der Waals surface area (Å²) >= 11 is 0. The van der Waals surface area contributed by atoms with E-state index in [0.717, 1.165) is 57.9 Å². The second-order valence-electron chi connectivity index (χ2n) is 8.83. The first-order valence-electron chi connectivity index (χ1n) is 11.8. The van der Waals surface area contributed by atoms with Gasteiger partial charge in [0.15, 0.2) is 0 Å². The third-order valence-electron chi connectivity index (χ3n) is 6.63. The van der Waals surface area contributed by atoms with E-state index in [0.29, 0.717) is 36.5 Å². The molecular formula is C26H33NO6. The monoisotopic (exact) mass is 455 g/mol. The molecule has 0 atom stereocenters. The van der Waals surface area contributed by atoms with Crippen LogP contribution in [0.5, 0.6) is 5.75 Å². The highest BCUT2D eigenvalue weighted by atomic mass is 16.5. The van der Waals surface area contributed by atoms with Gasteiger partial charge in [-0.2, -0.15) is 0 Å². The maximum absolute atomic E-state index is 12.7. The zero-order chi connectivity index (χ0) is 23.2. The zero-order valence-electron chi connectivity index (χ0n) is 19.6. The molecule has 0 amide bonds. The van der Waals surface area contributed by atoms with Crippen molar-refractivity contribution in [3.05, 3.63) is 52.5 Å². The maximum Gasteiger partial charge on any atom is 0.228 e. The molecule has 0 spiro atoms. The van der Waals surface area contributed by atoms with Crippen LogP contribution in [0.1, 0.15) is 37.7 Å². The minimum absolute atomic E-state index is 0.0336. The van der Waals surface area contributed by atoms with Gasteiger partial charge in [-0.05, 0) is 55.7 Å². The van der Waals surface area contributed by atoms with Gasteiger partial charge in [-0.25, -0.2) is 0 Å². The molecule has 2 aliphatic carbocycles. The van der Waals surface area contributed by atoms with E-state index >= 15 is 0 Å². The van der Waals surface area contributed by atoms with Crippen LogP contribution < -0.4 is 4.74 Å². The summed E-state index contributed by atoms with van der Waals surface area (Å²) in [7, 11) is 2.80. The molecule has 0 saturated carbocycles. The highest BCUT2D eigenvalue weighted by Crippen LogP contribution is 2.41. The van der Waals surface area contributed by atoms with Gasteiger partial charge in [0.2, 0.25) is 23.1 Å². The number of nitrogens with zero attached hydrogens (tertiary/aromatic N) is 1. The Balaban J connectivity index is 1.17. The summed E-state index contributed by atoms with van der Waals surface area (Å²) in [4.78, 5) is 27.7. The molecule has 1 saturated heterocycles. The predicted molar refractivity (Wildman–Crippen MR) is 123 cm³/mol. The second-order valence-corrected chi connectivity index (χ2v) is 8.83. The fourth-order valence-corrected chi connectivity index (χ4v) is 4.84. The Labute approximate surface area is 195 Å². The Hall–Kier alpha value is -2.64. The number of rotatable bonds is 10. The molecule has 0 bridgehead atoms. The molecule has 0 N–H and O–H groups in total. The third-order valence-corrected chi connectivity index (χ3v) is 6.63. The van der Waals surface area contributed by atoms with E-state index in [1.807, 2.05) is 12.1 Å². The molecule has 7 nitrogen and oxygen atoms in total. The van der Waals surface area contributed by atoms with E-state index in [-0.39, 0.29) is 23.1 Å². The lowest BCUT2D eigenvalue weighted by atomic mass is 9.94. The molecule has 33 heavy (non-hydrogen) atoms. The first kappa shape index (κ1) is 23.5. The Bertz CT molecular complexity index is 889. The molecule has 3 aliphatic rings. The number of carbonyl (C=O) groups excluding carboxylic acids is 2. The number of hydrogen-bond acceptors (Lipinski definition) is 7. The van der Waals surface area contributed by atoms with Gasteiger partial charge >= 0.3 is 0 Å². The van der Waals surface area contributed by atoms with Crippen molar-refractivity contribution >= 4 is 11.6 Å². The number of Topliss-reactive ketones (excluding diaryl/α,β-unsaturated/α-hetero) is 2. The molecule has 0 radical (unpaired) electrons. The number of methoxy groups -OCH3 is 2. The molecule has 7 heteroatoms. The number of carbonyl (C=O) groups is 2. The summed E-state index contributed by atoms with van der Waals surface area (Å²) in [6.45, 7) is 5.19. The van der Waals surface area contributed by atoms with Crippen LogP contribution in [0.4, 0.5) is 0 Å². The summed E-state index contributed by atoms with van der Waals surface area (Å²) in [5.74, 6) is 0.855. The SMILES string of the molecule is COC1=C(OC)C(=O)C2=C(CC(CCCCOc3ccc(CN4CCOCC4)cc3)C2)C1=O. The normalized spacial score (nSPS) is 19.8. The fraction of sp³-hybridized carbons (Fsp3) is 0.538. The Morgan fingerprint density at radius 2 is 1.52 bits per heavy atom. The first-order chi connectivity index (χ1) is 16.1. The van der Waals surface area contributed by atoms with E-state index in [1.54, 1.807) is 0 Å². The lowest BCUT2D eigenvalue weighted by Gasteiger charge is -2.26. The highest BCUT2D eigenvalue weighted by Gasteiger charge is 2.41. The standard InChI is InChI=1S/C26H33NO6/c1-30-25-23(28)21-15-19(16-22(21)24(29)26(25)31-2)5-3-4-12-33-20-8-6-18(7-9-20)17-27-10-13-32-14-11-27/h6-9,19H,3-5,10-17H2,1-2H3. The van der Waals surface area contributed by atoms with E-state index < -0.39 is 0 Å². The molecule has 1 aliphatic heterocycles. The van der Waals surface area contributed by atoms with E-state index in [2.05, 4.69) is 17.0 Å². The quantitative estimate of drug-likeness (QED) is 0.395. The van der Waals surface area contributed by atoms with Crippen molar-refractivity contribution in [1.82, 2.24) is 4.90 Å². The average Bonchev–Trinajstić information content (AvgIpc) is 3.27. The van der Waals surface area contributed by atoms with Gasteiger partial charge in [0.1, 0.15) is 5.75 Å². The minimum Gasteiger partial charge on any atom is -0.494 e. The van der Waals surface area contributed by atoms with Crippen LogP contribution in [0, 0.1) is 5.92 Å². The number of hydrogen-bond donors (Lipinski definition) is 0. The van der Waals surface area contributed by atoms with Crippen molar-refractivity contribution in [1.29, 1.82) is 0 Å². The van der Waals surface area contributed by atoms with Gasteiger partial charge in [0, 0.05) is 30.8 Å². The van der Waals surface area contributed by atoms with Gasteiger partial charge in [-0.3, -0.25) is 14.5 Å². The lowest BCUT2D eigenvalue weighted by Crippen LogP contribution is -2.35. The highest BCUT2D eigenvalue weighted by molar-refractivity contribution is 6.24. The van der Waals surface area contributed by atoms with Crippen molar-refractivity contribution in [2.45, 2.75) is 38.6 Å². The number of ketones is 2. The van der Waals surface area contributed by atoms with Gasteiger partial charge in [0.25, 0.3) is 0 Å². The number of morpholine rings is 1. The van der Waals surface area contributed by atoms with Crippen LogP contribution in [-0.2, 0) is 30.3 Å². The molecule has 1 aromatic carbocycles. The van der Waals surface area contributed by atoms with Crippen LogP contribution in [0.25, 0.3) is 0 Å².